The van der Waals surface area contributed by atoms with Gasteiger partial charge in [-0.1, -0.05) is 88.6 Å². The fourth-order valence-electron chi connectivity index (χ4n) is 4.23. The van der Waals surface area contributed by atoms with Crippen LogP contribution < -0.4 is 5.11 Å². The summed E-state index contributed by atoms with van der Waals surface area (Å²) < 4.78 is 2.13. The number of ketones is 1. The number of hydrogen-bond donors (Lipinski definition) is 0. The highest BCUT2D eigenvalue weighted by Crippen LogP contribution is 2.21. The summed E-state index contributed by atoms with van der Waals surface area (Å²) in [5.74, 6) is -0.948. The molecule has 2 rings (SSSR count). The summed E-state index contributed by atoms with van der Waals surface area (Å²) in [4.78, 5) is 23.4. The highest BCUT2D eigenvalue weighted by Gasteiger charge is 2.16. The van der Waals surface area contributed by atoms with E-state index in [0.29, 0.717) is 13.0 Å². The molecule has 4 nitrogen and oxygen atoms in total. The number of aliphatic carboxylic acids is 1. The van der Waals surface area contributed by atoms with Crippen LogP contribution in [0.25, 0.3) is 6.08 Å². The van der Waals surface area contributed by atoms with Gasteiger partial charge in [0.15, 0.2) is 5.78 Å². The maximum Gasteiger partial charge on any atom is 0.164 e. The number of benzene rings is 1. The third-order valence-electron chi connectivity index (χ3n) is 6.07. The number of Topliss-reactive ketones (excluding diaryl/α,β-unsaturated/α-hetero) is 1. The Labute approximate surface area is 193 Å². The summed E-state index contributed by atoms with van der Waals surface area (Å²) >= 11 is 0. The van der Waals surface area contributed by atoms with Crippen LogP contribution in [0.5, 0.6) is 0 Å². The molecule has 1 heterocycles. The molecule has 0 aliphatic heterocycles. The van der Waals surface area contributed by atoms with Gasteiger partial charge in [0.2, 0.25) is 0 Å². The van der Waals surface area contributed by atoms with E-state index in [1.54, 1.807) is 0 Å². The predicted molar refractivity (Wildman–Crippen MR) is 130 cm³/mol. The van der Waals surface area contributed by atoms with E-state index in [1.165, 1.54) is 51.0 Å². The fraction of sp³-hybridized carbons (Fsp3) is 0.500. The molecule has 0 fully saturated rings. The van der Waals surface area contributed by atoms with Gasteiger partial charge in [0, 0.05) is 30.4 Å². The van der Waals surface area contributed by atoms with Crippen molar-refractivity contribution in [1.29, 1.82) is 0 Å². The second-order valence-electron chi connectivity index (χ2n) is 8.80. The summed E-state index contributed by atoms with van der Waals surface area (Å²) in [7, 11) is 0. The molecule has 0 unspecified atom stereocenters. The van der Waals surface area contributed by atoms with Crippen LogP contribution in [0, 0.1) is 13.8 Å². The van der Waals surface area contributed by atoms with Crippen molar-refractivity contribution >= 4 is 17.8 Å². The largest absolute Gasteiger partial charge is 0.545 e. The van der Waals surface area contributed by atoms with Gasteiger partial charge in [-0.05, 0) is 43.0 Å². The van der Waals surface area contributed by atoms with E-state index in [4.69, 9.17) is 0 Å². The Balaban J connectivity index is 1.84. The lowest BCUT2D eigenvalue weighted by atomic mass is 10.0. The molecule has 0 saturated carbocycles. The van der Waals surface area contributed by atoms with Crippen molar-refractivity contribution in [2.75, 3.05) is 0 Å². The van der Waals surface area contributed by atoms with Crippen molar-refractivity contribution in [3.05, 3.63) is 64.5 Å². The molecular formula is C28H38NO3-. The van der Waals surface area contributed by atoms with Crippen molar-refractivity contribution in [2.45, 2.75) is 91.5 Å². The number of carbonyl (C=O) groups is 2. The van der Waals surface area contributed by atoms with Gasteiger partial charge in [-0.2, -0.15) is 0 Å². The molecule has 0 spiro atoms. The second-order valence-corrected chi connectivity index (χ2v) is 8.80. The van der Waals surface area contributed by atoms with Gasteiger partial charge in [0.05, 0.1) is 5.97 Å². The molecule has 0 bridgehead atoms. The van der Waals surface area contributed by atoms with E-state index in [9.17, 15) is 14.7 Å². The number of aryl methyl sites for hydroxylation is 1. The van der Waals surface area contributed by atoms with E-state index >= 15 is 0 Å². The van der Waals surface area contributed by atoms with Crippen molar-refractivity contribution in [1.82, 2.24) is 4.57 Å². The first-order valence-electron chi connectivity index (χ1n) is 12.1. The Morgan fingerprint density at radius 2 is 1.50 bits per heavy atom. The number of aromatic nitrogens is 1. The first kappa shape index (κ1) is 25.6. The second kappa shape index (κ2) is 13.7. The molecule has 1 aromatic heterocycles. The molecule has 0 amide bonds. The van der Waals surface area contributed by atoms with Crippen molar-refractivity contribution in [3.63, 3.8) is 0 Å². The Morgan fingerprint density at radius 3 is 2.09 bits per heavy atom. The van der Waals surface area contributed by atoms with Crippen LogP contribution in [-0.4, -0.2) is 16.3 Å². The number of carboxylic acid groups (broad SMARTS) is 1. The van der Waals surface area contributed by atoms with Gasteiger partial charge in [-0.3, -0.25) is 4.79 Å². The maximum atomic E-state index is 12.9. The molecule has 0 aliphatic rings. The topological polar surface area (TPSA) is 62.1 Å². The molecule has 0 aliphatic carbocycles. The monoisotopic (exact) mass is 436 g/mol. The van der Waals surface area contributed by atoms with Crippen LogP contribution in [-0.2, 0) is 11.3 Å². The maximum absolute atomic E-state index is 12.9. The van der Waals surface area contributed by atoms with Gasteiger partial charge in [0.25, 0.3) is 0 Å². The zero-order valence-electron chi connectivity index (χ0n) is 20.0. The number of carbonyl (C=O) groups excluding carboxylic acids is 2. The Morgan fingerprint density at radius 1 is 0.906 bits per heavy atom. The van der Waals surface area contributed by atoms with E-state index in [0.717, 1.165) is 46.9 Å². The van der Waals surface area contributed by atoms with E-state index in [2.05, 4.69) is 17.7 Å². The van der Waals surface area contributed by atoms with Gasteiger partial charge in [-0.25, -0.2) is 0 Å². The minimum atomic E-state index is -1.20. The predicted octanol–water partition coefficient (Wildman–Crippen LogP) is 6.02. The SMILES string of the molecule is CCCCCCCCCCCC(=O)c1c(C)cn(Cc2ccc(/C=C/C(=O)[O-])cc2)c1C. The standard InChI is InChI=1S/C28H39NO3/c1-4-5-6-7-8-9-10-11-12-13-26(30)28-22(2)20-29(23(28)3)21-25-16-14-24(15-17-25)18-19-27(31)32/h14-20H,4-13,21H2,1-3H3,(H,31,32)/p-1/b19-18+. The van der Waals surface area contributed by atoms with E-state index < -0.39 is 5.97 Å². The summed E-state index contributed by atoms with van der Waals surface area (Å²) in [5.41, 5.74) is 4.85. The quantitative estimate of drug-likeness (QED) is 0.195. The van der Waals surface area contributed by atoms with Gasteiger partial charge in [0.1, 0.15) is 0 Å². The summed E-state index contributed by atoms with van der Waals surface area (Å²) in [6, 6.07) is 7.73. The number of carboxylic acids is 1. The molecule has 4 heteroatoms. The molecular weight excluding hydrogens is 398 g/mol. The summed E-state index contributed by atoms with van der Waals surface area (Å²) in [5, 5.41) is 10.5. The van der Waals surface area contributed by atoms with Crippen LogP contribution >= 0.6 is 0 Å². The van der Waals surface area contributed by atoms with E-state index in [1.807, 2.05) is 38.1 Å². The molecule has 0 radical (unpaired) electrons. The number of hydrogen-bond acceptors (Lipinski definition) is 3. The molecule has 32 heavy (non-hydrogen) atoms. The highest BCUT2D eigenvalue weighted by molar-refractivity contribution is 5.98. The average molecular weight is 437 g/mol. The van der Waals surface area contributed by atoms with E-state index in [-0.39, 0.29) is 5.78 Å². The van der Waals surface area contributed by atoms with Gasteiger partial charge < -0.3 is 14.5 Å². The summed E-state index contributed by atoms with van der Waals surface area (Å²) in [6.45, 7) is 6.96. The lowest BCUT2D eigenvalue weighted by Crippen LogP contribution is -2.18. The molecule has 0 saturated heterocycles. The Bertz CT molecular complexity index is 890. The van der Waals surface area contributed by atoms with Crippen LogP contribution in [0.2, 0.25) is 0 Å². The molecule has 174 valence electrons. The molecule has 0 atom stereocenters. The zero-order valence-corrected chi connectivity index (χ0v) is 20.0. The van der Waals surface area contributed by atoms with Crippen LogP contribution in [0.3, 0.4) is 0 Å². The Kier molecular flexibility index (Phi) is 11.0. The number of rotatable bonds is 15. The van der Waals surface area contributed by atoms with Crippen LogP contribution in [0.4, 0.5) is 0 Å². The third kappa shape index (κ3) is 8.49. The van der Waals surface area contributed by atoms with Crippen LogP contribution in [0.15, 0.2) is 36.5 Å². The first-order valence-corrected chi connectivity index (χ1v) is 12.1. The van der Waals surface area contributed by atoms with Crippen LogP contribution in [0.1, 0.15) is 104 Å². The van der Waals surface area contributed by atoms with Gasteiger partial charge >= 0.3 is 0 Å². The zero-order chi connectivity index (χ0) is 23.3. The first-order chi connectivity index (χ1) is 15.4. The van der Waals surface area contributed by atoms with Crippen molar-refractivity contribution in [2.24, 2.45) is 0 Å². The lowest BCUT2D eigenvalue weighted by molar-refractivity contribution is -0.297. The number of unbranched alkanes of at least 4 members (excludes halogenated alkanes) is 8. The summed E-state index contributed by atoms with van der Waals surface area (Å²) in [6.07, 6.45) is 16.5. The Hall–Kier alpha value is -2.62. The molecule has 1 aromatic carbocycles. The number of nitrogens with zero attached hydrogens (tertiary/aromatic N) is 1. The fourth-order valence-corrected chi connectivity index (χ4v) is 4.23. The molecule has 2 aromatic rings. The van der Waals surface area contributed by atoms with Crippen molar-refractivity contribution < 1.29 is 14.7 Å². The third-order valence-corrected chi connectivity index (χ3v) is 6.07. The highest BCUT2D eigenvalue weighted by atomic mass is 16.4. The minimum absolute atomic E-state index is 0.254. The molecule has 0 N–H and O–H groups in total. The average Bonchev–Trinajstić information content (AvgIpc) is 3.04. The minimum Gasteiger partial charge on any atom is -0.545 e. The normalized spacial score (nSPS) is 11.3. The van der Waals surface area contributed by atoms with Gasteiger partial charge in [-0.15, -0.1) is 0 Å². The van der Waals surface area contributed by atoms with Crippen molar-refractivity contribution in [3.8, 4) is 0 Å². The lowest BCUT2D eigenvalue weighted by Gasteiger charge is -2.08. The smallest absolute Gasteiger partial charge is 0.164 e.